The van der Waals surface area contributed by atoms with Crippen LogP contribution in [0.4, 0.5) is 5.69 Å². The van der Waals surface area contributed by atoms with Crippen molar-refractivity contribution in [3.63, 3.8) is 0 Å². The predicted molar refractivity (Wildman–Crippen MR) is 89.6 cm³/mol. The number of halogens is 1. The average molecular weight is 360 g/mol. The zero-order chi connectivity index (χ0) is 15.5. The van der Waals surface area contributed by atoms with Gasteiger partial charge in [0.25, 0.3) is 0 Å². The van der Waals surface area contributed by atoms with E-state index in [0.29, 0.717) is 0 Å². The first-order valence-corrected chi connectivity index (χ1v) is 8.14. The number of aryl methyl sites for hydroxylation is 1. The van der Waals surface area contributed by atoms with Gasteiger partial charge in [0.05, 0.1) is 11.8 Å². The first kappa shape index (κ1) is 15.1. The van der Waals surface area contributed by atoms with E-state index in [2.05, 4.69) is 66.0 Å². The van der Waals surface area contributed by atoms with Gasteiger partial charge in [0.1, 0.15) is 16.5 Å². The molecule has 6 heteroatoms. The van der Waals surface area contributed by atoms with E-state index < -0.39 is 0 Å². The maximum atomic E-state index is 9.57. The lowest BCUT2D eigenvalue weighted by Crippen LogP contribution is -2.47. The number of hydrogen-bond donors (Lipinski definition) is 1. The molecule has 5 nitrogen and oxygen atoms in total. The van der Waals surface area contributed by atoms with Crippen LogP contribution in [0.5, 0.6) is 0 Å². The molecule has 1 fully saturated rings. The van der Waals surface area contributed by atoms with E-state index in [0.717, 1.165) is 42.3 Å². The lowest BCUT2D eigenvalue weighted by molar-refractivity contribution is 0.219. The summed E-state index contributed by atoms with van der Waals surface area (Å²) >= 11 is 3.44. The van der Waals surface area contributed by atoms with Gasteiger partial charge < -0.3 is 9.88 Å². The summed E-state index contributed by atoms with van der Waals surface area (Å²) in [7, 11) is 0. The molecule has 1 saturated heterocycles. The molecule has 0 amide bonds. The third-order valence-corrected chi connectivity index (χ3v) is 4.60. The molecule has 2 aromatic rings. The van der Waals surface area contributed by atoms with Crippen LogP contribution in [-0.2, 0) is 0 Å². The summed E-state index contributed by atoms with van der Waals surface area (Å²) in [4.78, 5) is 12.1. The molecular weight excluding hydrogens is 342 g/mol. The fourth-order valence-corrected chi connectivity index (χ4v) is 3.45. The number of H-pyrrole nitrogens is 1. The molecule has 0 bridgehead atoms. The van der Waals surface area contributed by atoms with Gasteiger partial charge >= 0.3 is 0 Å². The zero-order valence-corrected chi connectivity index (χ0v) is 14.0. The second-order valence-electron chi connectivity index (χ2n) is 5.42. The van der Waals surface area contributed by atoms with Gasteiger partial charge in [0.2, 0.25) is 0 Å². The quantitative estimate of drug-likeness (QED) is 0.915. The summed E-state index contributed by atoms with van der Waals surface area (Å²) in [5.41, 5.74) is 2.10. The molecule has 3 rings (SSSR count). The van der Waals surface area contributed by atoms with Crippen LogP contribution in [0.15, 0.2) is 34.9 Å². The van der Waals surface area contributed by atoms with E-state index >= 15 is 0 Å². The minimum Gasteiger partial charge on any atom is -0.369 e. The zero-order valence-electron chi connectivity index (χ0n) is 12.5. The number of aromatic nitrogens is 2. The van der Waals surface area contributed by atoms with Crippen molar-refractivity contribution in [1.82, 2.24) is 14.9 Å². The molecule has 22 heavy (non-hydrogen) atoms. The summed E-state index contributed by atoms with van der Waals surface area (Å²) in [6, 6.07) is 12.5. The highest BCUT2D eigenvalue weighted by Crippen LogP contribution is 2.27. The van der Waals surface area contributed by atoms with Gasteiger partial charge in [-0.3, -0.25) is 4.90 Å². The largest absolute Gasteiger partial charge is 0.369 e. The van der Waals surface area contributed by atoms with Crippen LogP contribution in [0.25, 0.3) is 0 Å². The van der Waals surface area contributed by atoms with Crippen molar-refractivity contribution in [1.29, 1.82) is 5.26 Å². The van der Waals surface area contributed by atoms with E-state index in [1.807, 2.05) is 13.0 Å². The molecule has 1 aromatic carbocycles. The van der Waals surface area contributed by atoms with Gasteiger partial charge in [0.15, 0.2) is 0 Å². The van der Waals surface area contributed by atoms with Crippen molar-refractivity contribution in [3.8, 4) is 6.07 Å². The third-order valence-electron chi connectivity index (χ3n) is 4.00. The smallest absolute Gasteiger partial charge is 0.141 e. The Balaban J connectivity index is 1.70. The molecular formula is C16H18BrN5. The van der Waals surface area contributed by atoms with Crippen LogP contribution in [0.3, 0.4) is 0 Å². The number of piperazine rings is 1. The fourth-order valence-electron chi connectivity index (χ4n) is 2.87. The molecule has 1 atom stereocenters. The highest BCUT2D eigenvalue weighted by Gasteiger charge is 2.28. The second-order valence-corrected chi connectivity index (χ2v) is 6.17. The minimum absolute atomic E-state index is 0.284. The first-order valence-electron chi connectivity index (χ1n) is 7.34. The Kier molecular flexibility index (Phi) is 4.46. The fraction of sp³-hybridized carbons (Fsp3) is 0.375. The Labute approximate surface area is 138 Å². The van der Waals surface area contributed by atoms with Crippen molar-refractivity contribution in [3.05, 3.63) is 46.5 Å². The number of para-hydroxylation sites is 1. The number of nitriles is 1. The number of benzene rings is 1. The number of nitrogens with zero attached hydrogens (tertiary/aromatic N) is 4. The maximum Gasteiger partial charge on any atom is 0.141 e. The first-order chi connectivity index (χ1) is 10.7. The number of anilines is 1. The molecule has 1 unspecified atom stereocenters. The van der Waals surface area contributed by atoms with Gasteiger partial charge in [-0.2, -0.15) is 5.26 Å². The van der Waals surface area contributed by atoms with E-state index in [1.54, 1.807) is 0 Å². The molecule has 1 aliphatic heterocycles. The van der Waals surface area contributed by atoms with E-state index in [-0.39, 0.29) is 6.04 Å². The Bertz CT molecular complexity index is 668. The number of nitrogens with one attached hydrogen (secondary N) is 1. The lowest BCUT2D eigenvalue weighted by atomic mass is 10.1. The SMILES string of the molecule is Cc1nc(Br)c(C(C#N)N2CCN(c3ccccc3)CC2)[nH]1. The third kappa shape index (κ3) is 3.01. The van der Waals surface area contributed by atoms with E-state index in [1.165, 1.54) is 5.69 Å². The van der Waals surface area contributed by atoms with Crippen molar-refractivity contribution in [2.75, 3.05) is 31.1 Å². The Hall–Kier alpha value is -1.84. The summed E-state index contributed by atoms with van der Waals surface area (Å²) in [6.07, 6.45) is 0. The topological polar surface area (TPSA) is 59.0 Å². The Morgan fingerprint density at radius 3 is 2.45 bits per heavy atom. The standard InChI is InChI=1S/C16H18BrN5/c1-12-19-15(16(17)20-12)14(11-18)22-9-7-21(8-10-22)13-5-3-2-4-6-13/h2-6,14H,7-10H2,1H3,(H,19,20). The molecule has 2 heterocycles. The van der Waals surface area contributed by atoms with Gasteiger partial charge in [-0.15, -0.1) is 0 Å². The van der Waals surface area contributed by atoms with Crippen LogP contribution >= 0.6 is 15.9 Å². The summed E-state index contributed by atoms with van der Waals surface area (Å²) < 4.78 is 0.738. The van der Waals surface area contributed by atoms with Crippen LogP contribution in [0, 0.1) is 18.3 Å². The highest BCUT2D eigenvalue weighted by atomic mass is 79.9. The van der Waals surface area contributed by atoms with E-state index in [4.69, 9.17) is 0 Å². The van der Waals surface area contributed by atoms with E-state index in [9.17, 15) is 5.26 Å². The lowest BCUT2D eigenvalue weighted by Gasteiger charge is -2.37. The van der Waals surface area contributed by atoms with Gasteiger partial charge in [-0.1, -0.05) is 18.2 Å². The van der Waals surface area contributed by atoms with Crippen LogP contribution < -0.4 is 4.90 Å². The van der Waals surface area contributed by atoms with Crippen LogP contribution in [0.2, 0.25) is 0 Å². The molecule has 0 radical (unpaired) electrons. The van der Waals surface area contributed by atoms with Crippen molar-refractivity contribution < 1.29 is 0 Å². The summed E-state index contributed by atoms with van der Waals surface area (Å²) in [6.45, 7) is 5.46. The number of aromatic amines is 1. The van der Waals surface area contributed by atoms with Crippen molar-refractivity contribution in [2.45, 2.75) is 13.0 Å². The van der Waals surface area contributed by atoms with Crippen LogP contribution in [-0.4, -0.2) is 41.0 Å². The molecule has 1 aliphatic rings. The number of hydrogen-bond acceptors (Lipinski definition) is 4. The molecule has 114 valence electrons. The Morgan fingerprint density at radius 2 is 1.91 bits per heavy atom. The monoisotopic (exact) mass is 359 g/mol. The predicted octanol–water partition coefficient (Wildman–Crippen LogP) is 2.87. The van der Waals surface area contributed by atoms with Gasteiger partial charge in [-0.05, 0) is 35.0 Å². The van der Waals surface area contributed by atoms with Crippen molar-refractivity contribution >= 4 is 21.6 Å². The van der Waals surface area contributed by atoms with Gasteiger partial charge in [-0.25, -0.2) is 4.98 Å². The number of rotatable bonds is 3. The van der Waals surface area contributed by atoms with Gasteiger partial charge in [0, 0.05) is 31.9 Å². The number of imidazole rings is 1. The molecule has 0 aliphatic carbocycles. The highest BCUT2D eigenvalue weighted by molar-refractivity contribution is 9.10. The summed E-state index contributed by atoms with van der Waals surface area (Å²) in [5.74, 6) is 0.824. The second kappa shape index (κ2) is 6.51. The normalized spacial score (nSPS) is 17.2. The Morgan fingerprint density at radius 1 is 1.23 bits per heavy atom. The van der Waals surface area contributed by atoms with Crippen LogP contribution in [0.1, 0.15) is 17.6 Å². The summed E-state index contributed by atoms with van der Waals surface area (Å²) in [5, 5.41) is 9.57. The molecule has 1 N–H and O–H groups in total. The average Bonchev–Trinajstić information content (AvgIpc) is 2.88. The molecule has 0 spiro atoms. The van der Waals surface area contributed by atoms with Crippen molar-refractivity contribution in [2.24, 2.45) is 0 Å². The minimum atomic E-state index is -0.284. The molecule has 0 saturated carbocycles. The maximum absolute atomic E-state index is 9.57. The molecule has 1 aromatic heterocycles.